The maximum atomic E-state index is 12.5. The number of anilines is 1. The van der Waals surface area contributed by atoms with Crippen molar-refractivity contribution < 1.29 is 23.9 Å². The van der Waals surface area contributed by atoms with Crippen molar-refractivity contribution in [2.75, 3.05) is 18.5 Å². The number of imide groups is 1. The maximum Gasteiger partial charge on any atom is 0.411 e. The molecule has 2 bridgehead atoms. The molecule has 0 saturated carbocycles. The summed E-state index contributed by atoms with van der Waals surface area (Å²) in [6.45, 7) is 4.26. The largest absolute Gasteiger partial charge is 0.447 e. The van der Waals surface area contributed by atoms with Crippen LogP contribution in [0.15, 0.2) is 24.3 Å². The molecule has 0 spiro atoms. The first-order valence-electron chi connectivity index (χ1n) is 9.50. The number of hydrogen-bond acceptors (Lipinski definition) is 5. The van der Waals surface area contributed by atoms with Crippen LogP contribution in [0.3, 0.4) is 0 Å². The summed E-state index contributed by atoms with van der Waals surface area (Å²) in [5, 5.41) is 2.65. The van der Waals surface area contributed by atoms with Crippen LogP contribution >= 0.6 is 0 Å². The highest BCUT2D eigenvalue weighted by Crippen LogP contribution is 2.48. The lowest BCUT2D eigenvalue weighted by atomic mass is 9.81. The Morgan fingerprint density at radius 2 is 1.74 bits per heavy atom. The smallest absolute Gasteiger partial charge is 0.411 e. The quantitative estimate of drug-likeness (QED) is 0.803. The summed E-state index contributed by atoms with van der Waals surface area (Å²) in [5.41, 5.74) is 1.82. The van der Waals surface area contributed by atoms with Gasteiger partial charge in [0.25, 0.3) is 0 Å². The lowest BCUT2D eigenvalue weighted by Gasteiger charge is -2.17. The van der Waals surface area contributed by atoms with E-state index in [1.54, 1.807) is 0 Å². The molecule has 0 radical (unpaired) electrons. The van der Waals surface area contributed by atoms with E-state index < -0.39 is 6.09 Å². The van der Waals surface area contributed by atoms with Crippen molar-refractivity contribution in [1.82, 2.24) is 4.90 Å². The van der Waals surface area contributed by atoms with Crippen LogP contribution in [0.5, 0.6) is 0 Å². The summed E-state index contributed by atoms with van der Waals surface area (Å²) in [4.78, 5) is 38.2. The molecule has 4 rings (SSSR count). The van der Waals surface area contributed by atoms with Crippen LogP contribution in [-0.2, 0) is 19.1 Å². The van der Waals surface area contributed by atoms with Crippen LogP contribution in [0.25, 0.3) is 0 Å². The number of nitrogens with one attached hydrogen (secondary N) is 1. The van der Waals surface area contributed by atoms with Gasteiger partial charge in [-0.1, -0.05) is 26.0 Å². The molecule has 1 aromatic rings. The number of hydrogen-bond donors (Lipinski definition) is 1. The van der Waals surface area contributed by atoms with Crippen LogP contribution in [0.1, 0.15) is 38.2 Å². The summed E-state index contributed by atoms with van der Waals surface area (Å²) >= 11 is 0. The number of rotatable bonds is 5. The van der Waals surface area contributed by atoms with Crippen LogP contribution in [0.2, 0.25) is 0 Å². The molecule has 1 aromatic carbocycles. The van der Waals surface area contributed by atoms with Crippen molar-refractivity contribution >= 4 is 23.6 Å². The zero-order valence-corrected chi connectivity index (χ0v) is 15.5. The summed E-state index contributed by atoms with van der Waals surface area (Å²) in [6.07, 6.45) is 0.828. The highest BCUT2D eigenvalue weighted by Gasteiger charge is 2.62. The molecule has 7 heteroatoms. The Labute approximate surface area is 158 Å². The van der Waals surface area contributed by atoms with Crippen molar-refractivity contribution in [2.24, 2.45) is 11.8 Å². The Kier molecular flexibility index (Phi) is 4.63. The maximum absolute atomic E-state index is 12.5. The van der Waals surface area contributed by atoms with Gasteiger partial charge in [0, 0.05) is 5.69 Å². The Morgan fingerprint density at radius 3 is 2.30 bits per heavy atom. The highest BCUT2D eigenvalue weighted by molar-refractivity contribution is 6.06. The number of benzene rings is 1. The standard InChI is InChI=1S/C20H24N2O5/c1-11(2)12-3-5-13(6-4-12)21-20(25)26-10-9-22-18(23)16-14-7-8-15(27-14)17(16)19(22)24/h3-6,11,14-17H,7-10H2,1-2H3,(H,21,25). The number of amides is 3. The summed E-state index contributed by atoms with van der Waals surface area (Å²) in [7, 11) is 0. The molecule has 0 aromatic heterocycles. The summed E-state index contributed by atoms with van der Waals surface area (Å²) < 4.78 is 10.8. The molecule has 7 nitrogen and oxygen atoms in total. The molecule has 144 valence electrons. The molecule has 3 amide bonds. The number of carbonyl (C=O) groups excluding carboxylic acids is 3. The van der Waals surface area contributed by atoms with Crippen molar-refractivity contribution in [3.05, 3.63) is 29.8 Å². The van der Waals surface area contributed by atoms with E-state index in [2.05, 4.69) is 19.2 Å². The van der Waals surface area contributed by atoms with Gasteiger partial charge in [-0.15, -0.1) is 0 Å². The van der Waals surface area contributed by atoms with E-state index in [1.807, 2.05) is 24.3 Å². The Bertz CT molecular complexity index is 732. The minimum atomic E-state index is -0.602. The lowest BCUT2D eigenvalue weighted by molar-refractivity contribution is -0.143. The van der Waals surface area contributed by atoms with Gasteiger partial charge in [-0.05, 0) is 36.5 Å². The fourth-order valence-electron chi connectivity index (χ4n) is 4.33. The number of likely N-dealkylation sites (tertiary alicyclic amines) is 1. The molecule has 4 unspecified atom stereocenters. The number of carbonyl (C=O) groups is 3. The SMILES string of the molecule is CC(C)c1ccc(NC(=O)OCCN2C(=O)C3C4CCC(O4)C3C2=O)cc1. The monoisotopic (exact) mass is 372 g/mol. The summed E-state index contributed by atoms with van der Waals surface area (Å²) in [6, 6.07) is 7.55. The normalized spacial score (nSPS) is 28.8. The molecule has 3 fully saturated rings. The van der Waals surface area contributed by atoms with E-state index in [4.69, 9.17) is 9.47 Å². The number of fused-ring (bicyclic) bond motifs is 5. The van der Waals surface area contributed by atoms with Crippen molar-refractivity contribution in [3.63, 3.8) is 0 Å². The van der Waals surface area contributed by atoms with Crippen molar-refractivity contribution in [1.29, 1.82) is 0 Å². The van der Waals surface area contributed by atoms with Gasteiger partial charge in [0.1, 0.15) is 6.61 Å². The van der Waals surface area contributed by atoms with E-state index in [1.165, 1.54) is 10.5 Å². The van der Waals surface area contributed by atoms with Gasteiger partial charge in [0.2, 0.25) is 11.8 Å². The van der Waals surface area contributed by atoms with Gasteiger partial charge in [-0.3, -0.25) is 19.8 Å². The third kappa shape index (κ3) is 3.20. The van der Waals surface area contributed by atoms with E-state index in [0.29, 0.717) is 11.6 Å². The average Bonchev–Trinajstić information content (AvgIpc) is 3.31. The van der Waals surface area contributed by atoms with Crippen LogP contribution in [0.4, 0.5) is 10.5 Å². The van der Waals surface area contributed by atoms with E-state index in [0.717, 1.165) is 12.8 Å². The van der Waals surface area contributed by atoms with Crippen LogP contribution < -0.4 is 5.32 Å². The fourth-order valence-corrected chi connectivity index (χ4v) is 4.33. The Balaban J connectivity index is 1.27. The Morgan fingerprint density at radius 1 is 1.15 bits per heavy atom. The second kappa shape index (κ2) is 6.96. The molecular formula is C20H24N2O5. The molecule has 4 atom stereocenters. The van der Waals surface area contributed by atoms with Gasteiger partial charge >= 0.3 is 6.09 Å². The first-order chi connectivity index (χ1) is 13.0. The van der Waals surface area contributed by atoms with Crippen LogP contribution in [-0.4, -0.2) is 48.2 Å². The second-order valence-electron chi connectivity index (χ2n) is 7.71. The topological polar surface area (TPSA) is 84.9 Å². The third-order valence-corrected chi connectivity index (χ3v) is 5.75. The van der Waals surface area contributed by atoms with E-state index >= 15 is 0 Å². The van der Waals surface area contributed by atoms with Crippen LogP contribution in [0, 0.1) is 11.8 Å². The van der Waals surface area contributed by atoms with Crippen molar-refractivity contribution in [2.45, 2.75) is 44.8 Å². The molecule has 3 aliphatic rings. The van der Waals surface area contributed by atoms with Gasteiger partial charge in [-0.25, -0.2) is 4.79 Å². The first kappa shape index (κ1) is 18.0. The van der Waals surface area contributed by atoms with E-state index in [9.17, 15) is 14.4 Å². The third-order valence-electron chi connectivity index (χ3n) is 5.75. The lowest BCUT2D eigenvalue weighted by Crippen LogP contribution is -2.37. The Hall–Kier alpha value is -2.41. The zero-order chi connectivity index (χ0) is 19.1. The minimum Gasteiger partial charge on any atom is -0.447 e. The molecule has 0 aliphatic carbocycles. The zero-order valence-electron chi connectivity index (χ0n) is 15.5. The average molecular weight is 372 g/mol. The highest BCUT2D eigenvalue weighted by atomic mass is 16.5. The summed E-state index contributed by atoms with van der Waals surface area (Å²) in [5.74, 6) is -0.647. The molecule has 3 aliphatic heterocycles. The predicted octanol–water partition coefficient (Wildman–Crippen LogP) is 2.52. The first-order valence-corrected chi connectivity index (χ1v) is 9.50. The second-order valence-corrected chi connectivity index (χ2v) is 7.71. The predicted molar refractivity (Wildman–Crippen MR) is 97.1 cm³/mol. The molecule has 27 heavy (non-hydrogen) atoms. The van der Waals surface area contributed by atoms with Gasteiger partial charge < -0.3 is 9.47 Å². The fraction of sp³-hybridized carbons (Fsp3) is 0.550. The molecule has 3 saturated heterocycles. The van der Waals surface area contributed by atoms with Gasteiger partial charge in [0.15, 0.2) is 0 Å². The number of nitrogens with zero attached hydrogens (tertiary/aromatic N) is 1. The molecular weight excluding hydrogens is 348 g/mol. The van der Waals surface area contributed by atoms with Crippen molar-refractivity contribution in [3.8, 4) is 0 Å². The van der Waals surface area contributed by atoms with E-state index in [-0.39, 0.29) is 49.0 Å². The van der Waals surface area contributed by atoms with Gasteiger partial charge in [0.05, 0.1) is 30.6 Å². The minimum absolute atomic E-state index is 0.0248. The molecule has 1 N–H and O–H groups in total. The molecule has 3 heterocycles. The van der Waals surface area contributed by atoms with Gasteiger partial charge in [-0.2, -0.15) is 0 Å². The number of ether oxygens (including phenoxy) is 2.